The largest absolute Gasteiger partial charge is 0.378 e. The smallest absolute Gasteiger partial charge is 0.0655 e. The third-order valence-corrected chi connectivity index (χ3v) is 5.03. The van der Waals surface area contributed by atoms with Gasteiger partial charge >= 0.3 is 0 Å². The molecule has 2 atom stereocenters. The molecule has 106 valence electrons. The maximum atomic E-state index is 5.83. The van der Waals surface area contributed by atoms with Gasteiger partial charge in [-0.05, 0) is 52.2 Å². The first-order valence-corrected chi connectivity index (χ1v) is 7.58. The van der Waals surface area contributed by atoms with Crippen LogP contribution in [0.1, 0.15) is 40.0 Å². The van der Waals surface area contributed by atoms with E-state index >= 15 is 0 Å². The molecule has 1 aliphatic heterocycles. The molecular formula is C15H30N2O. The first-order valence-electron chi connectivity index (χ1n) is 7.58. The van der Waals surface area contributed by atoms with Crippen molar-refractivity contribution in [2.24, 2.45) is 11.3 Å². The topological polar surface area (TPSA) is 24.5 Å². The molecule has 18 heavy (non-hydrogen) atoms. The molecule has 0 aromatic heterocycles. The third kappa shape index (κ3) is 2.89. The highest BCUT2D eigenvalue weighted by molar-refractivity contribution is 5.03. The van der Waals surface area contributed by atoms with E-state index in [1.807, 2.05) is 0 Å². The van der Waals surface area contributed by atoms with Gasteiger partial charge in [-0.15, -0.1) is 0 Å². The van der Waals surface area contributed by atoms with E-state index in [2.05, 4.69) is 38.0 Å². The van der Waals surface area contributed by atoms with Gasteiger partial charge in [0.25, 0.3) is 0 Å². The summed E-state index contributed by atoms with van der Waals surface area (Å²) in [6.45, 7) is 11.3. The van der Waals surface area contributed by atoms with E-state index in [-0.39, 0.29) is 0 Å². The standard InChI is InChI=1S/C15H30N2O/c1-5-18-14-10-13(15(14,2)3)17(4)11-12-6-8-16-9-7-12/h12-14,16H,5-11H2,1-4H3. The summed E-state index contributed by atoms with van der Waals surface area (Å²) in [5.41, 5.74) is 0.317. The summed E-state index contributed by atoms with van der Waals surface area (Å²) in [4.78, 5) is 2.59. The van der Waals surface area contributed by atoms with Gasteiger partial charge in [0.1, 0.15) is 0 Å². The van der Waals surface area contributed by atoms with E-state index in [0.29, 0.717) is 17.6 Å². The van der Waals surface area contributed by atoms with Crippen molar-refractivity contribution in [1.82, 2.24) is 10.2 Å². The minimum Gasteiger partial charge on any atom is -0.378 e. The minimum absolute atomic E-state index is 0.317. The molecule has 0 aromatic carbocycles. The van der Waals surface area contributed by atoms with Gasteiger partial charge in [0.15, 0.2) is 0 Å². The number of nitrogens with one attached hydrogen (secondary N) is 1. The third-order valence-electron chi connectivity index (χ3n) is 5.03. The van der Waals surface area contributed by atoms with Crippen LogP contribution in [0.2, 0.25) is 0 Å². The molecule has 3 nitrogen and oxygen atoms in total. The Morgan fingerprint density at radius 2 is 1.94 bits per heavy atom. The van der Waals surface area contributed by atoms with E-state index in [1.54, 1.807) is 0 Å². The highest BCUT2D eigenvalue weighted by Crippen LogP contribution is 2.45. The SMILES string of the molecule is CCOC1CC(N(C)CC2CCNCC2)C1(C)C. The molecule has 2 unspecified atom stereocenters. The van der Waals surface area contributed by atoms with Crippen molar-refractivity contribution in [3.8, 4) is 0 Å². The Labute approximate surface area is 112 Å². The van der Waals surface area contributed by atoms with Gasteiger partial charge < -0.3 is 15.0 Å². The second kappa shape index (κ2) is 5.89. The zero-order valence-electron chi connectivity index (χ0n) is 12.5. The maximum absolute atomic E-state index is 5.83. The summed E-state index contributed by atoms with van der Waals surface area (Å²) in [7, 11) is 2.30. The monoisotopic (exact) mass is 254 g/mol. The van der Waals surface area contributed by atoms with Crippen molar-refractivity contribution in [2.45, 2.75) is 52.2 Å². The summed E-state index contributed by atoms with van der Waals surface area (Å²) in [6, 6.07) is 0.698. The highest BCUT2D eigenvalue weighted by atomic mass is 16.5. The summed E-state index contributed by atoms with van der Waals surface area (Å²) in [5.74, 6) is 0.887. The molecule has 1 saturated carbocycles. The fourth-order valence-electron chi connectivity index (χ4n) is 3.70. The minimum atomic E-state index is 0.317. The molecule has 1 N–H and O–H groups in total. The van der Waals surface area contributed by atoms with Crippen LogP contribution in [0.25, 0.3) is 0 Å². The van der Waals surface area contributed by atoms with Crippen LogP contribution in [0.15, 0.2) is 0 Å². The Morgan fingerprint density at radius 1 is 1.28 bits per heavy atom. The van der Waals surface area contributed by atoms with Crippen LogP contribution in [0.4, 0.5) is 0 Å². The molecule has 2 rings (SSSR count). The van der Waals surface area contributed by atoms with Crippen LogP contribution in [0.5, 0.6) is 0 Å². The zero-order valence-corrected chi connectivity index (χ0v) is 12.5. The number of nitrogens with zero attached hydrogens (tertiary/aromatic N) is 1. The number of rotatable bonds is 5. The quantitative estimate of drug-likeness (QED) is 0.813. The second-order valence-electron chi connectivity index (χ2n) is 6.65. The maximum Gasteiger partial charge on any atom is 0.0655 e. The summed E-state index contributed by atoms with van der Waals surface area (Å²) in [6.07, 6.45) is 4.35. The molecular weight excluding hydrogens is 224 g/mol. The van der Waals surface area contributed by atoms with Gasteiger partial charge in [-0.25, -0.2) is 0 Å². The van der Waals surface area contributed by atoms with Crippen molar-refractivity contribution in [2.75, 3.05) is 33.3 Å². The molecule has 0 bridgehead atoms. The fourth-order valence-corrected chi connectivity index (χ4v) is 3.70. The first kappa shape index (κ1) is 14.3. The van der Waals surface area contributed by atoms with E-state index in [0.717, 1.165) is 12.5 Å². The van der Waals surface area contributed by atoms with E-state index in [4.69, 9.17) is 4.74 Å². The van der Waals surface area contributed by atoms with Crippen molar-refractivity contribution < 1.29 is 4.74 Å². The van der Waals surface area contributed by atoms with Gasteiger partial charge in [-0.2, -0.15) is 0 Å². The average molecular weight is 254 g/mol. The van der Waals surface area contributed by atoms with Crippen molar-refractivity contribution in [1.29, 1.82) is 0 Å². The van der Waals surface area contributed by atoms with Crippen LogP contribution in [0, 0.1) is 11.3 Å². The normalized spacial score (nSPS) is 32.5. The number of hydrogen-bond donors (Lipinski definition) is 1. The molecule has 0 radical (unpaired) electrons. The summed E-state index contributed by atoms with van der Waals surface area (Å²) >= 11 is 0. The molecule has 0 aromatic rings. The molecule has 2 fully saturated rings. The lowest BCUT2D eigenvalue weighted by Gasteiger charge is -2.55. The lowest BCUT2D eigenvalue weighted by atomic mass is 9.63. The molecule has 1 saturated heterocycles. The highest BCUT2D eigenvalue weighted by Gasteiger charge is 2.50. The van der Waals surface area contributed by atoms with Crippen molar-refractivity contribution >= 4 is 0 Å². The van der Waals surface area contributed by atoms with Crippen LogP contribution >= 0.6 is 0 Å². The predicted molar refractivity (Wildman–Crippen MR) is 75.8 cm³/mol. The van der Waals surface area contributed by atoms with E-state index < -0.39 is 0 Å². The van der Waals surface area contributed by atoms with Crippen LogP contribution in [-0.4, -0.2) is 50.3 Å². The van der Waals surface area contributed by atoms with Gasteiger partial charge in [0, 0.05) is 24.6 Å². The van der Waals surface area contributed by atoms with Gasteiger partial charge in [0.05, 0.1) is 6.10 Å². The summed E-state index contributed by atoms with van der Waals surface area (Å²) < 4.78 is 5.83. The lowest BCUT2D eigenvalue weighted by molar-refractivity contribution is -0.147. The van der Waals surface area contributed by atoms with E-state index in [9.17, 15) is 0 Å². The van der Waals surface area contributed by atoms with Crippen LogP contribution < -0.4 is 5.32 Å². The Bertz CT molecular complexity index is 261. The van der Waals surface area contributed by atoms with Crippen LogP contribution in [-0.2, 0) is 4.74 Å². The Kier molecular flexibility index (Phi) is 4.68. The zero-order chi connectivity index (χ0) is 13.2. The van der Waals surface area contributed by atoms with Crippen LogP contribution in [0.3, 0.4) is 0 Å². The Balaban J connectivity index is 1.81. The molecule has 3 heteroatoms. The number of piperidine rings is 1. The molecule has 0 amide bonds. The first-order chi connectivity index (χ1) is 8.55. The van der Waals surface area contributed by atoms with E-state index in [1.165, 1.54) is 38.9 Å². The fraction of sp³-hybridized carbons (Fsp3) is 1.00. The molecule has 1 heterocycles. The Morgan fingerprint density at radius 3 is 2.50 bits per heavy atom. The Hall–Kier alpha value is -0.120. The molecule has 0 spiro atoms. The van der Waals surface area contributed by atoms with Gasteiger partial charge in [-0.1, -0.05) is 13.8 Å². The lowest BCUT2D eigenvalue weighted by Crippen LogP contribution is -2.61. The summed E-state index contributed by atoms with van der Waals surface area (Å²) in [5, 5.41) is 3.45. The average Bonchev–Trinajstić information content (AvgIpc) is 2.35. The second-order valence-corrected chi connectivity index (χ2v) is 6.65. The van der Waals surface area contributed by atoms with Crippen molar-refractivity contribution in [3.05, 3.63) is 0 Å². The van der Waals surface area contributed by atoms with Gasteiger partial charge in [0.2, 0.25) is 0 Å². The molecule has 2 aliphatic rings. The van der Waals surface area contributed by atoms with Crippen molar-refractivity contribution in [3.63, 3.8) is 0 Å². The van der Waals surface area contributed by atoms with Gasteiger partial charge in [-0.3, -0.25) is 0 Å². The number of ether oxygens (including phenoxy) is 1. The number of hydrogen-bond acceptors (Lipinski definition) is 3. The predicted octanol–water partition coefficient (Wildman–Crippen LogP) is 2.12. The molecule has 1 aliphatic carbocycles.